The molecule has 0 amide bonds. The lowest BCUT2D eigenvalue weighted by atomic mass is 10.0. The zero-order valence-electron chi connectivity index (χ0n) is 16.2. The maximum Gasteiger partial charge on any atom is 0.341 e. The summed E-state index contributed by atoms with van der Waals surface area (Å²) in [4.78, 5) is 28.6. The molecule has 0 unspecified atom stereocenters. The summed E-state index contributed by atoms with van der Waals surface area (Å²) in [6, 6.07) is 8.93. The molecule has 0 N–H and O–H groups in total. The minimum absolute atomic E-state index is 0.0490. The fourth-order valence-electron chi connectivity index (χ4n) is 3.17. The van der Waals surface area contributed by atoms with Crippen molar-refractivity contribution >= 4 is 5.97 Å². The van der Waals surface area contributed by atoms with Gasteiger partial charge >= 0.3 is 5.97 Å². The van der Waals surface area contributed by atoms with Gasteiger partial charge in [-0.05, 0) is 24.6 Å². The number of rotatable bonds is 7. The molecule has 0 radical (unpaired) electrons. The molecular formula is C21H22N4O4. The highest BCUT2D eigenvalue weighted by Gasteiger charge is 2.29. The molecular weight excluding hydrogens is 372 g/mol. The molecule has 3 aromatic rings. The molecule has 8 nitrogen and oxygen atoms in total. The van der Waals surface area contributed by atoms with Gasteiger partial charge in [-0.15, -0.1) is 0 Å². The number of aromatic nitrogens is 4. The van der Waals surface area contributed by atoms with E-state index < -0.39 is 0 Å². The summed E-state index contributed by atoms with van der Waals surface area (Å²) in [5, 5.41) is 4.58. The van der Waals surface area contributed by atoms with E-state index in [-0.39, 0.29) is 17.4 Å². The molecule has 8 heteroatoms. The van der Waals surface area contributed by atoms with Gasteiger partial charge in [-0.3, -0.25) is 14.5 Å². The molecule has 1 aliphatic rings. The minimum atomic E-state index is -0.364. The zero-order chi connectivity index (χ0) is 20.2. The van der Waals surface area contributed by atoms with Crippen LogP contribution in [0.25, 0.3) is 0 Å². The van der Waals surface area contributed by atoms with E-state index in [1.165, 1.54) is 6.07 Å². The summed E-state index contributed by atoms with van der Waals surface area (Å²) in [6.07, 6.45) is 5.22. The summed E-state index contributed by atoms with van der Waals surface area (Å²) in [5.74, 6) is -0.243. The summed E-state index contributed by atoms with van der Waals surface area (Å²) in [5.41, 5.74) is 2.90. The van der Waals surface area contributed by atoms with Gasteiger partial charge in [0.05, 0.1) is 50.2 Å². The van der Waals surface area contributed by atoms with E-state index >= 15 is 0 Å². The number of ether oxygens (including phenoxy) is 2. The van der Waals surface area contributed by atoms with Crippen LogP contribution in [0.3, 0.4) is 0 Å². The topological polar surface area (TPSA) is 88.2 Å². The van der Waals surface area contributed by atoms with Gasteiger partial charge in [0.15, 0.2) is 0 Å². The van der Waals surface area contributed by atoms with Crippen molar-refractivity contribution in [2.75, 3.05) is 19.8 Å². The number of pyridine rings is 2. The van der Waals surface area contributed by atoms with Gasteiger partial charge in [0.1, 0.15) is 5.56 Å². The van der Waals surface area contributed by atoms with E-state index in [2.05, 4.69) is 10.1 Å². The van der Waals surface area contributed by atoms with E-state index in [0.717, 1.165) is 17.0 Å². The summed E-state index contributed by atoms with van der Waals surface area (Å²) in [6.45, 7) is 4.13. The largest absolute Gasteiger partial charge is 0.462 e. The average Bonchev–Trinajstić information content (AvgIpc) is 3.07. The maximum absolute atomic E-state index is 12.3. The highest BCUT2D eigenvalue weighted by molar-refractivity contribution is 5.90. The predicted octanol–water partition coefficient (Wildman–Crippen LogP) is 1.83. The second-order valence-electron chi connectivity index (χ2n) is 6.91. The van der Waals surface area contributed by atoms with Crippen molar-refractivity contribution in [3.63, 3.8) is 0 Å². The molecule has 0 spiro atoms. The van der Waals surface area contributed by atoms with Crippen molar-refractivity contribution in [3.8, 4) is 0 Å². The molecule has 1 fully saturated rings. The molecule has 1 aliphatic heterocycles. The second-order valence-corrected chi connectivity index (χ2v) is 6.91. The van der Waals surface area contributed by atoms with Crippen LogP contribution in [0.4, 0.5) is 0 Å². The van der Waals surface area contributed by atoms with Crippen molar-refractivity contribution in [3.05, 3.63) is 81.8 Å². The van der Waals surface area contributed by atoms with Crippen LogP contribution in [0.2, 0.25) is 0 Å². The highest BCUT2D eigenvalue weighted by atomic mass is 16.5. The molecule has 0 aromatic carbocycles. The lowest BCUT2D eigenvalue weighted by Crippen LogP contribution is -2.27. The van der Waals surface area contributed by atoms with Gasteiger partial charge in [0.2, 0.25) is 0 Å². The molecule has 0 bridgehead atoms. The number of hydrogen-bond donors (Lipinski definition) is 0. The summed E-state index contributed by atoms with van der Waals surface area (Å²) in [7, 11) is 0. The molecule has 29 heavy (non-hydrogen) atoms. The first-order chi connectivity index (χ1) is 14.1. The van der Waals surface area contributed by atoms with E-state index in [1.807, 2.05) is 18.2 Å². The van der Waals surface area contributed by atoms with Crippen LogP contribution in [0.15, 0.2) is 53.7 Å². The zero-order valence-corrected chi connectivity index (χ0v) is 16.2. The second kappa shape index (κ2) is 8.40. The molecule has 1 saturated heterocycles. The van der Waals surface area contributed by atoms with Gasteiger partial charge in [0.25, 0.3) is 5.56 Å². The highest BCUT2D eigenvalue weighted by Crippen LogP contribution is 2.26. The Morgan fingerprint density at radius 1 is 1.24 bits per heavy atom. The third-order valence-electron chi connectivity index (χ3n) is 4.77. The molecule has 4 heterocycles. The number of carbonyl (C=O) groups is 1. The van der Waals surface area contributed by atoms with Crippen molar-refractivity contribution in [1.82, 2.24) is 19.3 Å². The molecule has 150 valence electrons. The Morgan fingerprint density at radius 2 is 2.10 bits per heavy atom. The summed E-state index contributed by atoms with van der Waals surface area (Å²) < 4.78 is 13.7. The Kier molecular flexibility index (Phi) is 5.53. The van der Waals surface area contributed by atoms with E-state index in [4.69, 9.17) is 9.47 Å². The first-order valence-electron chi connectivity index (χ1n) is 9.55. The molecule has 3 aromatic heterocycles. The van der Waals surface area contributed by atoms with Crippen LogP contribution in [-0.4, -0.2) is 45.1 Å². The van der Waals surface area contributed by atoms with Crippen LogP contribution in [0, 0.1) is 0 Å². The van der Waals surface area contributed by atoms with E-state index in [1.54, 1.807) is 40.8 Å². The quantitative estimate of drug-likeness (QED) is 0.568. The third-order valence-corrected chi connectivity index (χ3v) is 4.77. The third kappa shape index (κ3) is 4.27. The normalized spacial score (nSPS) is 13.8. The van der Waals surface area contributed by atoms with Gasteiger partial charge < -0.3 is 14.0 Å². The van der Waals surface area contributed by atoms with Crippen molar-refractivity contribution in [1.29, 1.82) is 0 Å². The monoisotopic (exact) mass is 394 g/mol. The van der Waals surface area contributed by atoms with Gasteiger partial charge in [0, 0.05) is 24.7 Å². The van der Waals surface area contributed by atoms with Crippen LogP contribution >= 0.6 is 0 Å². The van der Waals surface area contributed by atoms with Gasteiger partial charge in [-0.2, -0.15) is 5.10 Å². The Hall–Kier alpha value is -3.26. The van der Waals surface area contributed by atoms with Crippen LogP contribution < -0.4 is 5.56 Å². The molecule has 0 saturated carbocycles. The summed E-state index contributed by atoms with van der Waals surface area (Å²) >= 11 is 0. The minimum Gasteiger partial charge on any atom is -0.462 e. The molecule has 4 rings (SSSR count). The van der Waals surface area contributed by atoms with Crippen molar-refractivity contribution in [2.45, 2.75) is 25.9 Å². The average molecular weight is 394 g/mol. The van der Waals surface area contributed by atoms with Crippen LogP contribution in [-0.2, 0) is 22.6 Å². The van der Waals surface area contributed by atoms with Crippen molar-refractivity contribution < 1.29 is 14.3 Å². The predicted molar refractivity (Wildman–Crippen MR) is 105 cm³/mol. The van der Waals surface area contributed by atoms with Crippen LogP contribution in [0.5, 0.6) is 0 Å². The fraction of sp³-hybridized carbons (Fsp3) is 0.333. The van der Waals surface area contributed by atoms with Crippen LogP contribution in [0.1, 0.15) is 40.2 Å². The number of esters is 1. The molecule has 0 aliphatic carbocycles. The SMILES string of the molecule is CCOC(=O)c1cn(Cc2ccc(Cn3ccccc3=O)cn2)nc1C1COC1. The Labute approximate surface area is 167 Å². The van der Waals surface area contributed by atoms with Gasteiger partial charge in [-0.1, -0.05) is 12.1 Å². The Bertz CT molecular complexity index is 1050. The Balaban J connectivity index is 1.49. The lowest BCUT2D eigenvalue weighted by Gasteiger charge is -2.24. The van der Waals surface area contributed by atoms with Gasteiger partial charge in [-0.25, -0.2) is 4.79 Å². The maximum atomic E-state index is 12.3. The lowest BCUT2D eigenvalue weighted by molar-refractivity contribution is 0.00573. The first-order valence-corrected chi connectivity index (χ1v) is 9.55. The molecule has 0 atom stereocenters. The van der Waals surface area contributed by atoms with E-state index in [0.29, 0.717) is 38.5 Å². The first kappa shape index (κ1) is 19.1. The number of hydrogen-bond acceptors (Lipinski definition) is 6. The fourth-order valence-corrected chi connectivity index (χ4v) is 3.17. The van der Waals surface area contributed by atoms with E-state index in [9.17, 15) is 9.59 Å². The number of nitrogens with zero attached hydrogens (tertiary/aromatic N) is 4. The smallest absolute Gasteiger partial charge is 0.341 e. The Morgan fingerprint density at radius 3 is 2.76 bits per heavy atom. The standard InChI is InChI=1S/C21H22N4O4/c1-2-29-21(27)18-12-25(23-20(18)16-13-28-14-16)11-17-7-6-15(9-22-17)10-24-8-4-3-5-19(24)26/h3-9,12,16H,2,10-11,13-14H2,1H3. The number of carbonyl (C=O) groups excluding carboxylic acids is 1. The van der Waals surface area contributed by atoms with Crippen molar-refractivity contribution in [2.24, 2.45) is 0 Å².